The van der Waals surface area contributed by atoms with Gasteiger partial charge in [0.25, 0.3) is 0 Å². The normalized spacial score (nSPS) is 12.2. The molecule has 0 radical (unpaired) electrons. The van der Waals surface area contributed by atoms with E-state index in [1.165, 1.54) is 0 Å². The van der Waals surface area contributed by atoms with Crippen LogP contribution in [-0.4, -0.2) is 40.1 Å². The van der Waals surface area contributed by atoms with E-state index in [0.717, 1.165) is 28.7 Å². The summed E-state index contributed by atoms with van der Waals surface area (Å²) in [6.45, 7) is 4.21. The standard InChI is InChI=1S/C15H20N4S/c1-11-9-14(19(3)12(2)10-20-4)18-15(17-11)13-5-7-16-8-6-13/h5-9,12H,10H2,1-4H3. The van der Waals surface area contributed by atoms with Gasteiger partial charge in [-0.1, -0.05) is 0 Å². The van der Waals surface area contributed by atoms with Crippen molar-refractivity contribution in [3.8, 4) is 11.4 Å². The lowest BCUT2D eigenvalue weighted by Gasteiger charge is -2.25. The maximum absolute atomic E-state index is 4.68. The molecule has 1 unspecified atom stereocenters. The summed E-state index contributed by atoms with van der Waals surface area (Å²) in [7, 11) is 2.08. The Labute approximate surface area is 124 Å². The number of anilines is 1. The van der Waals surface area contributed by atoms with E-state index in [0.29, 0.717) is 6.04 Å². The number of hydrogen-bond donors (Lipinski definition) is 0. The van der Waals surface area contributed by atoms with E-state index in [1.807, 2.05) is 36.9 Å². The Kier molecular flexibility index (Phi) is 4.95. The van der Waals surface area contributed by atoms with Gasteiger partial charge in [0.1, 0.15) is 5.82 Å². The van der Waals surface area contributed by atoms with Crippen molar-refractivity contribution in [1.29, 1.82) is 0 Å². The van der Waals surface area contributed by atoms with Crippen LogP contribution in [0.15, 0.2) is 30.6 Å². The molecule has 0 fully saturated rings. The number of pyridine rings is 1. The van der Waals surface area contributed by atoms with Gasteiger partial charge in [0.15, 0.2) is 5.82 Å². The summed E-state index contributed by atoms with van der Waals surface area (Å²) >= 11 is 1.84. The zero-order valence-electron chi connectivity index (χ0n) is 12.4. The number of nitrogens with zero attached hydrogens (tertiary/aromatic N) is 4. The maximum Gasteiger partial charge on any atom is 0.161 e. The molecule has 1 atom stereocenters. The summed E-state index contributed by atoms with van der Waals surface area (Å²) in [5.74, 6) is 2.79. The van der Waals surface area contributed by atoms with Crippen molar-refractivity contribution >= 4 is 17.6 Å². The van der Waals surface area contributed by atoms with E-state index >= 15 is 0 Å². The second kappa shape index (κ2) is 6.70. The van der Waals surface area contributed by atoms with Crippen LogP contribution < -0.4 is 4.90 Å². The second-order valence-corrected chi connectivity index (χ2v) is 5.75. The van der Waals surface area contributed by atoms with E-state index in [4.69, 9.17) is 0 Å². The van der Waals surface area contributed by atoms with Crippen molar-refractivity contribution in [2.24, 2.45) is 0 Å². The fourth-order valence-corrected chi connectivity index (χ4v) is 2.65. The van der Waals surface area contributed by atoms with Crippen LogP contribution in [0.4, 0.5) is 5.82 Å². The molecule has 2 aromatic heterocycles. The number of thioether (sulfide) groups is 1. The summed E-state index contributed by atoms with van der Waals surface area (Å²) in [6, 6.07) is 6.33. The summed E-state index contributed by atoms with van der Waals surface area (Å²) in [5, 5.41) is 0. The summed E-state index contributed by atoms with van der Waals surface area (Å²) in [6.07, 6.45) is 5.65. The van der Waals surface area contributed by atoms with Crippen LogP contribution in [0.1, 0.15) is 12.6 Å². The summed E-state index contributed by atoms with van der Waals surface area (Å²) < 4.78 is 0. The fraction of sp³-hybridized carbons (Fsp3) is 0.400. The molecule has 4 nitrogen and oxygen atoms in total. The molecule has 0 aliphatic carbocycles. The number of aryl methyl sites for hydroxylation is 1. The van der Waals surface area contributed by atoms with Crippen molar-refractivity contribution in [2.45, 2.75) is 19.9 Å². The first kappa shape index (κ1) is 14.8. The summed E-state index contributed by atoms with van der Waals surface area (Å²) in [5.41, 5.74) is 1.97. The Morgan fingerprint density at radius 1 is 1.25 bits per heavy atom. The van der Waals surface area contributed by atoms with Crippen LogP contribution in [0, 0.1) is 6.92 Å². The molecule has 0 spiro atoms. The Morgan fingerprint density at radius 3 is 2.60 bits per heavy atom. The Bertz CT molecular complexity index is 559. The highest BCUT2D eigenvalue weighted by Gasteiger charge is 2.13. The van der Waals surface area contributed by atoms with Crippen molar-refractivity contribution in [3.63, 3.8) is 0 Å². The number of hydrogen-bond acceptors (Lipinski definition) is 5. The zero-order valence-corrected chi connectivity index (χ0v) is 13.2. The molecule has 0 saturated heterocycles. The first-order chi connectivity index (χ1) is 9.61. The molecule has 0 aliphatic rings. The molecule has 0 amide bonds. The third-order valence-corrected chi connectivity index (χ3v) is 4.03. The molecule has 2 rings (SSSR count). The van der Waals surface area contributed by atoms with Gasteiger partial charge in [-0.15, -0.1) is 0 Å². The fourth-order valence-electron chi connectivity index (χ4n) is 1.94. The predicted molar refractivity (Wildman–Crippen MR) is 86.2 cm³/mol. The molecule has 106 valence electrons. The lowest BCUT2D eigenvalue weighted by Crippen LogP contribution is -2.31. The predicted octanol–water partition coefficient (Wildman–Crippen LogP) is 3.03. The van der Waals surface area contributed by atoms with Crippen molar-refractivity contribution in [3.05, 3.63) is 36.3 Å². The highest BCUT2D eigenvalue weighted by molar-refractivity contribution is 7.98. The maximum atomic E-state index is 4.68. The van der Waals surface area contributed by atoms with Crippen LogP contribution in [-0.2, 0) is 0 Å². The molecule has 0 N–H and O–H groups in total. The Morgan fingerprint density at radius 2 is 1.95 bits per heavy atom. The quantitative estimate of drug-likeness (QED) is 0.846. The lowest BCUT2D eigenvalue weighted by atomic mass is 10.2. The van der Waals surface area contributed by atoms with Crippen LogP contribution in [0.2, 0.25) is 0 Å². The number of rotatable bonds is 5. The van der Waals surface area contributed by atoms with Crippen molar-refractivity contribution in [1.82, 2.24) is 15.0 Å². The molecular weight excluding hydrogens is 268 g/mol. The third-order valence-electron chi connectivity index (χ3n) is 3.21. The molecule has 2 heterocycles. The first-order valence-corrected chi connectivity index (χ1v) is 7.99. The van der Waals surface area contributed by atoms with Crippen molar-refractivity contribution in [2.75, 3.05) is 24.0 Å². The molecule has 0 aliphatic heterocycles. The first-order valence-electron chi connectivity index (χ1n) is 6.59. The van der Waals surface area contributed by atoms with Gasteiger partial charge in [-0.2, -0.15) is 11.8 Å². The van der Waals surface area contributed by atoms with E-state index in [1.54, 1.807) is 12.4 Å². The van der Waals surface area contributed by atoms with Crippen LogP contribution in [0.5, 0.6) is 0 Å². The molecular formula is C15H20N4S. The largest absolute Gasteiger partial charge is 0.356 e. The Hall–Kier alpha value is -1.62. The zero-order chi connectivity index (χ0) is 14.5. The molecule has 5 heteroatoms. The molecule has 0 aromatic carbocycles. The van der Waals surface area contributed by atoms with Gasteiger partial charge in [0, 0.05) is 48.6 Å². The number of aromatic nitrogens is 3. The van der Waals surface area contributed by atoms with Crippen LogP contribution >= 0.6 is 11.8 Å². The molecule has 0 bridgehead atoms. The van der Waals surface area contributed by atoms with E-state index in [2.05, 4.69) is 40.1 Å². The highest BCUT2D eigenvalue weighted by Crippen LogP contribution is 2.20. The smallest absolute Gasteiger partial charge is 0.161 e. The minimum absolute atomic E-state index is 0.435. The third kappa shape index (κ3) is 3.48. The van der Waals surface area contributed by atoms with E-state index < -0.39 is 0 Å². The van der Waals surface area contributed by atoms with E-state index in [9.17, 15) is 0 Å². The van der Waals surface area contributed by atoms with Crippen molar-refractivity contribution < 1.29 is 0 Å². The van der Waals surface area contributed by atoms with Gasteiger partial charge in [0.2, 0.25) is 0 Å². The lowest BCUT2D eigenvalue weighted by molar-refractivity contribution is 0.751. The Balaban J connectivity index is 2.34. The SMILES string of the molecule is CSCC(C)N(C)c1cc(C)nc(-c2ccncc2)n1. The van der Waals surface area contributed by atoms with Crippen LogP contribution in [0.25, 0.3) is 11.4 Å². The monoisotopic (exact) mass is 288 g/mol. The average Bonchev–Trinajstić information content (AvgIpc) is 2.47. The van der Waals surface area contributed by atoms with Gasteiger partial charge in [-0.3, -0.25) is 4.98 Å². The minimum Gasteiger partial charge on any atom is -0.356 e. The van der Waals surface area contributed by atoms with E-state index in [-0.39, 0.29) is 0 Å². The van der Waals surface area contributed by atoms with Gasteiger partial charge < -0.3 is 4.90 Å². The van der Waals surface area contributed by atoms with Gasteiger partial charge >= 0.3 is 0 Å². The molecule has 0 saturated carbocycles. The topological polar surface area (TPSA) is 41.9 Å². The van der Waals surface area contributed by atoms with Gasteiger partial charge in [-0.25, -0.2) is 9.97 Å². The van der Waals surface area contributed by atoms with Gasteiger partial charge in [-0.05, 0) is 32.2 Å². The highest BCUT2D eigenvalue weighted by atomic mass is 32.2. The summed E-state index contributed by atoms with van der Waals surface area (Å²) in [4.78, 5) is 15.4. The average molecular weight is 288 g/mol. The van der Waals surface area contributed by atoms with Crippen LogP contribution in [0.3, 0.4) is 0 Å². The minimum atomic E-state index is 0.435. The molecule has 20 heavy (non-hydrogen) atoms. The van der Waals surface area contributed by atoms with Gasteiger partial charge in [0.05, 0.1) is 0 Å². The second-order valence-electron chi connectivity index (χ2n) is 4.84. The molecule has 2 aromatic rings.